The predicted octanol–water partition coefficient (Wildman–Crippen LogP) is 1.73. The van der Waals surface area contributed by atoms with Gasteiger partial charge in [0.2, 0.25) is 0 Å². The van der Waals surface area contributed by atoms with Gasteiger partial charge in [-0.2, -0.15) is 0 Å². The molecule has 0 aromatic rings. The van der Waals surface area contributed by atoms with Crippen LogP contribution in [0.15, 0.2) is 0 Å². The largest absolute Gasteiger partial charge is 0.374 e. The van der Waals surface area contributed by atoms with Gasteiger partial charge in [-0.3, -0.25) is 4.90 Å². The molecule has 1 heterocycles. The lowest BCUT2D eigenvalue weighted by Gasteiger charge is -2.38. The van der Waals surface area contributed by atoms with Crippen LogP contribution in [0.2, 0.25) is 0 Å². The van der Waals surface area contributed by atoms with E-state index in [0.717, 1.165) is 26.2 Å². The van der Waals surface area contributed by atoms with Gasteiger partial charge < -0.3 is 10.1 Å². The van der Waals surface area contributed by atoms with Crippen LogP contribution in [-0.4, -0.2) is 50.3 Å². The fourth-order valence-electron chi connectivity index (χ4n) is 2.71. The topological polar surface area (TPSA) is 24.5 Å². The first-order chi connectivity index (χ1) is 7.72. The molecule has 0 saturated carbocycles. The van der Waals surface area contributed by atoms with Gasteiger partial charge in [-0.25, -0.2) is 0 Å². The Morgan fingerprint density at radius 3 is 2.75 bits per heavy atom. The molecule has 3 nitrogen and oxygen atoms in total. The van der Waals surface area contributed by atoms with Crippen LogP contribution in [0.25, 0.3) is 0 Å². The highest BCUT2D eigenvalue weighted by Crippen LogP contribution is 2.18. The molecule has 0 aromatic carbocycles. The molecular formula is C13H28N2O. The summed E-state index contributed by atoms with van der Waals surface area (Å²) < 4.78 is 5.93. The fraction of sp³-hybridized carbons (Fsp3) is 1.00. The summed E-state index contributed by atoms with van der Waals surface area (Å²) in [5, 5.41) is 3.45. The maximum atomic E-state index is 5.93. The number of ether oxygens (including phenoxy) is 1. The molecular weight excluding hydrogens is 200 g/mol. The third kappa shape index (κ3) is 3.72. The predicted molar refractivity (Wildman–Crippen MR) is 68.8 cm³/mol. The number of rotatable bonds is 6. The first-order valence-electron chi connectivity index (χ1n) is 6.74. The highest BCUT2D eigenvalue weighted by Gasteiger charge is 2.29. The molecule has 3 atom stereocenters. The third-order valence-electron chi connectivity index (χ3n) is 3.72. The summed E-state index contributed by atoms with van der Waals surface area (Å²) in [4.78, 5) is 2.48. The van der Waals surface area contributed by atoms with Crippen LogP contribution in [0, 0.1) is 5.92 Å². The van der Waals surface area contributed by atoms with Crippen molar-refractivity contribution < 1.29 is 4.74 Å². The maximum Gasteiger partial charge on any atom is 0.0857 e. The van der Waals surface area contributed by atoms with E-state index in [-0.39, 0.29) is 0 Å². The van der Waals surface area contributed by atoms with Crippen molar-refractivity contribution in [2.75, 3.05) is 33.3 Å². The molecule has 1 aliphatic heterocycles. The van der Waals surface area contributed by atoms with Crippen LogP contribution in [-0.2, 0) is 4.74 Å². The Balaban J connectivity index is 2.50. The first-order valence-corrected chi connectivity index (χ1v) is 6.74. The van der Waals surface area contributed by atoms with Crippen molar-refractivity contribution >= 4 is 0 Å². The Hall–Kier alpha value is -0.120. The van der Waals surface area contributed by atoms with Crippen molar-refractivity contribution in [3.05, 3.63) is 0 Å². The molecule has 0 radical (unpaired) electrons. The zero-order valence-electron chi connectivity index (χ0n) is 11.3. The van der Waals surface area contributed by atoms with Gasteiger partial charge >= 0.3 is 0 Å². The molecule has 0 spiro atoms. The zero-order chi connectivity index (χ0) is 12.0. The van der Waals surface area contributed by atoms with Gasteiger partial charge in [0.05, 0.1) is 12.7 Å². The maximum absolute atomic E-state index is 5.93. The quantitative estimate of drug-likeness (QED) is 0.749. The average Bonchev–Trinajstić information content (AvgIpc) is 2.31. The van der Waals surface area contributed by atoms with Gasteiger partial charge in [-0.05, 0) is 25.9 Å². The van der Waals surface area contributed by atoms with E-state index in [1.165, 1.54) is 12.8 Å². The molecule has 1 saturated heterocycles. The van der Waals surface area contributed by atoms with E-state index in [4.69, 9.17) is 4.74 Å². The van der Waals surface area contributed by atoms with Crippen LogP contribution in [0.1, 0.15) is 33.6 Å². The molecule has 96 valence electrons. The minimum atomic E-state index is 0.361. The van der Waals surface area contributed by atoms with E-state index >= 15 is 0 Å². The van der Waals surface area contributed by atoms with Crippen LogP contribution in [0.5, 0.6) is 0 Å². The standard InChI is InChI=1S/C13H28N2O/c1-5-7-11(3)13(14-4)12-10-15(6-2)8-9-16-12/h11-14H,5-10H2,1-4H3. The SMILES string of the molecule is CCCC(C)C(NC)C1CN(CC)CCO1. The van der Waals surface area contributed by atoms with Crippen molar-refractivity contribution in [1.29, 1.82) is 0 Å². The average molecular weight is 228 g/mol. The molecule has 1 fully saturated rings. The van der Waals surface area contributed by atoms with Gasteiger partial charge in [0.25, 0.3) is 0 Å². The molecule has 0 bridgehead atoms. The molecule has 1 N–H and O–H groups in total. The summed E-state index contributed by atoms with van der Waals surface area (Å²) in [5.41, 5.74) is 0. The number of nitrogens with zero attached hydrogens (tertiary/aromatic N) is 1. The highest BCUT2D eigenvalue weighted by molar-refractivity contribution is 4.85. The van der Waals surface area contributed by atoms with Gasteiger partial charge in [-0.15, -0.1) is 0 Å². The Labute approximate surface area is 101 Å². The first kappa shape index (κ1) is 13.9. The number of hydrogen-bond acceptors (Lipinski definition) is 3. The van der Waals surface area contributed by atoms with E-state index in [1.807, 2.05) is 0 Å². The monoisotopic (exact) mass is 228 g/mol. The third-order valence-corrected chi connectivity index (χ3v) is 3.72. The zero-order valence-corrected chi connectivity index (χ0v) is 11.3. The lowest BCUT2D eigenvalue weighted by Crippen LogP contribution is -2.53. The van der Waals surface area contributed by atoms with Crippen molar-refractivity contribution in [2.45, 2.75) is 45.8 Å². The number of hydrogen-bond donors (Lipinski definition) is 1. The Bertz CT molecular complexity index is 187. The second-order valence-electron chi connectivity index (χ2n) is 4.88. The highest BCUT2D eigenvalue weighted by atomic mass is 16.5. The van der Waals surface area contributed by atoms with Crippen LogP contribution in [0.3, 0.4) is 0 Å². The van der Waals surface area contributed by atoms with Crippen molar-refractivity contribution in [2.24, 2.45) is 5.92 Å². The van der Waals surface area contributed by atoms with Crippen molar-refractivity contribution in [1.82, 2.24) is 10.2 Å². The minimum absolute atomic E-state index is 0.361. The molecule has 16 heavy (non-hydrogen) atoms. The number of nitrogens with one attached hydrogen (secondary N) is 1. The van der Waals surface area contributed by atoms with Crippen molar-refractivity contribution in [3.8, 4) is 0 Å². The summed E-state index contributed by atoms with van der Waals surface area (Å²) in [7, 11) is 2.06. The van der Waals surface area contributed by atoms with E-state index in [1.54, 1.807) is 0 Å². The van der Waals surface area contributed by atoms with Gasteiger partial charge in [0.1, 0.15) is 0 Å². The van der Waals surface area contributed by atoms with Gasteiger partial charge in [0, 0.05) is 19.1 Å². The van der Waals surface area contributed by atoms with E-state index < -0.39 is 0 Å². The summed E-state index contributed by atoms with van der Waals surface area (Å²) >= 11 is 0. The van der Waals surface area contributed by atoms with E-state index in [2.05, 4.69) is 38.0 Å². The second-order valence-corrected chi connectivity index (χ2v) is 4.88. The number of morpholine rings is 1. The van der Waals surface area contributed by atoms with Crippen LogP contribution < -0.4 is 5.32 Å². The van der Waals surface area contributed by atoms with Crippen molar-refractivity contribution in [3.63, 3.8) is 0 Å². The molecule has 0 amide bonds. The molecule has 0 aliphatic carbocycles. The van der Waals surface area contributed by atoms with Gasteiger partial charge in [0.15, 0.2) is 0 Å². The fourth-order valence-corrected chi connectivity index (χ4v) is 2.71. The summed E-state index contributed by atoms with van der Waals surface area (Å²) in [6.07, 6.45) is 2.89. The summed E-state index contributed by atoms with van der Waals surface area (Å²) in [5.74, 6) is 0.691. The Morgan fingerprint density at radius 2 is 2.19 bits per heavy atom. The summed E-state index contributed by atoms with van der Waals surface area (Å²) in [6, 6.07) is 0.495. The second kappa shape index (κ2) is 7.25. The van der Waals surface area contributed by atoms with E-state index in [0.29, 0.717) is 18.1 Å². The lowest BCUT2D eigenvalue weighted by molar-refractivity contribution is -0.0531. The normalized spacial score (nSPS) is 26.6. The Morgan fingerprint density at radius 1 is 1.44 bits per heavy atom. The molecule has 1 aliphatic rings. The van der Waals surface area contributed by atoms with Crippen LogP contribution in [0.4, 0.5) is 0 Å². The molecule has 3 heteroatoms. The molecule has 0 aromatic heterocycles. The lowest BCUT2D eigenvalue weighted by atomic mass is 9.92. The Kier molecular flexibility index (Phi) is 6.32. The van der Waals surface area contributed by atoms with E-state index in [9.17, 15) is 0 Å². The molecule has 3 unspecified atom stereocenters. The molecule has 1 rings (SSSR count). The number of likely N-dealkylation sites (N-methyl/N-ethyl adjacent to an activating group) is 2. The summed E-state index contributed by atoms with van der Waals surface area (Å²) in [6.45, 7) is 11.0. The minimum Gasteiger partial charge on any atom is -0.374 e. The van der Waals surface area contributed by atoms with Crippen LogP contribution >= 0.6 is 0 Å². The smallest absolute Gasteiger partial charge is 0.0857 e. The van der Waals surface area contributed by atoms with Gasteiger partial charge in [-0.1, -0.05) is 27.2 Å².